The third-order valence-corrected chi connectivity index (χ3v) is 3.74. The van der Waals surface area contributed by atoms with Crippen LogP contribution in [-0.2, 0) is 4.79 Å². The predicted octanol–water partition coefficient (Wildman–Crippen LogP) is 2.01. The Morgan fingerprint density at radius 1 is 1.41 bits per heavy atom. The zero-order valence-corrected chi connectivity index (χ0v) is 10.6. The van der Waals surface area contributed by atoms with Gasteiger partial charge < -0.3 is 10.6 Å². The van der Waals surface area contributed by atoms with E-state index in [4.69, 9.17) is 5.73 Å². The molecule has 2 rings (SSSR count). The molecule has 0 spiro atoms. The van der Waals surface area contributed by atoms with Crippen LogP contribution in [0.15, 0.2) is 18.2 Å². The molecule has 1 heterocycles. The molecule has 0 bridgehead atoms. The van der Waals surface area contributed by atoms with Crippen molar-refractivity contribution in [3.05, 3.63) is 29.3 Å². The summed E-state index contributed by atoms with van der Waals surface area (Å²) in [6.07, 6.45) is 1.97. The Kier molecular flexibility index (Phi) is 3.36. The molecule has 92 valence electrons. The highest BCUT2D eigenvalue weighted by atomic mass is 16.1. The number of primary amides is 1. The third kappa shape index (κ3) is 2.43. The monoisotopic (exact) mass is 232 g/mol. The SMILES string of the molecule is Cc1cccc(N2CCCC(C(N)=O)C2)c1C. The van der Waals surface area contributed by atoms with Gasteiger partial charge in [-0.2, -0.15) is 0 Å². The van der Waals surface area contributed by atoms with Gasteiger partial charge in [-0.15, -0.1) is 0 Å². The van der Waals surface area contributed by atoms with Crippen molar-refractivity contribution in [3.8, 4) is 0 Å². The topological polar surface area (TPSA) is 46.3 Å². The first-order valence-corrected chi connectivity index (χ1v) is 6.20. The summed E-state index contributed by atoms with van der Waals surface area (Å²) in [4.78, 5) is 13.6. The second-order valence-corrected chi connectivity index (χ2v) is 4.91. The second-order valence-electron chi connectivity index (χ2n) is 4.91. The number of aryl methyl sites for hydroxylation is 1. The highest BCUT2D eigenvalue weighted by Crippen LogP contribution is 2.27. The summed E-state index contributed by atoms with van der Waals surface area (Å²) in [5.74, 6) is -0.163. The quantitative estimate of drug-likeness (QED) is 0.847. The second kappa shape index (κ2) is 4.78. The van der Waals surface area contributed by atoms with Crippen LogP contribution in [0.5, 0.6) is 0 Å². The van der Waals surface area contributed by atoms with Crippen LogP contribution < -0.4 is 10.6 Å². The maximum atomic E-state index is 11.3. The number of carbonyl (C=O) groups excluding carboxylic acids is 1. The van der Waals surface area contributed by atoms with E-state index >= 15 is 0 Å². The van der Waals surface area contributed by atoms with Crippen LogP contribution in [-0.4, -0.2) is 19.0 Å². The van der Waals surface area contributed by atoms with E-state index in [0.717, 1.165) is 25.9 Å². The Hall–Kier alpha value is -1.51. The van der Waals surface area contributed by atoms with E-state index in [1.54, 1.807) is 0 Å². The molecule has 3 heteroatoms. The summed E-state index contributed by atoms with van der Waals surface area (Å²) in [5.41, 5.74) is 9.25. The van der Waals surface area contributed by atoms with Crippen molar-refractivity contribution < 1.29 is 4.79 Å². The van der Waals surface area contributed by atoms with Gasteiger partial charge in [-0.05, 0) is 43.9 Å². The molecule has 1 amide bonds. The smallest absolute Gasteiger partial charge is 0.222 e. The molecule has 1 atom stereocenters. The first-order chi connectivity index (χ1) is 8.09. The zero-order chi connectivity index (χ0) is 12.4. The van der Waals surface area contributed by atoms with Crippen LogP contribution in [0.2, 0.25) is 0 Å². The molecular formula is C14H20N2O. The minimum Gasteiger partial charge on any atom is -0.371 e. The molecular weight excluding hydrogens is 212 g/mol. The van der Waals surface area contributed by atoms with E-state index in [1.807, 2.05) is 0 Å². The van der Waals surface area contributed by atoms with E-state index in [1.165, 1.54) is 16.8 Å². The van der Waals surface area contributed by atoms with Gasteiger partial charge in [0, 0.05) is 18.8 Å². The molecule has 0 aliphatic carbocycles. The van der Waals surface area contributed by atoms with E-state index in [-0.39, 0.29) is 11.8 Å². The van der Waals surface area contributed by atoms with Crippen molar-refractivity contribution in [2.75, 3.05) is 18.0 Å². The molecule has 1 aliphatic rings. The highest BCUT2D eigenvalue weighted by Gasteiger charge is 2.24. The third-order valence-electron chi connectivity index (χ3n) is 3.74. The summed E-state index contributed by atoms with van der Waals surface area (Å²) < 4.78 is 0. The number of carbonyl (C=O) groups is 1. The molecule has 1 aromatic rings. The van der Waals surface area contributed by atoms with Crippen molar-refractivity contribution in [2.45, 2.75) is 26.7 Å². The van der Waals surface area contributed by atoms with Gasteiger partial charge in [0.15, 0.2) is 0 Å². The van der Waals surface area contributed by atoms with Gasteiger partial charge in [-0.3, -0.25) is 4.79 Å². The minimum absolute atomic E-state index is 0.00339. The molecule has 1 unspecified atom stereocenters. The number of hydrogen-bond acceptors (Lipinski definition) is 2. The van der Waals surface area contributed by atoms with Gasteiger partial charge >= 0.3 is 0 Å². The Labute approximate surface area is 103 Å². The molecule has 0 saturated carbocycles. The van der Waals surface area contributed by atoms with E-state index < -0.39 is 0 Å². The van der Waals surface area contributed by atoms with Crippen molar-refractivity contribution >= 4 is 11.6 Å². The van der Waals surface area contributed by atoms with Crippen molar-refractivity contribution in [2.24, 2.45) is 11.7 Å². The molecule has 3 nitrogen and oxygen atoms in total. The van der Waals surface area contributed by atoms with Gasteiger partial charge in [0.25, 0.3) is 0 Å². The molecule has 2 N–H and O–H groups in total. The highest BCUT2D eigenvalue weighted by molar-refractivity contribution is 5.77. The molecule has 0 radical (unpaired) electrons. The summed E-state index contributed by atoms with van der Waals surface area (Å²) in [7, 11) is 0. The van der Waals surface area contributed by atoms with Crippen LogP contribution in [0.1, 0.15) is 24.0 Å². The number of anilines is 1. The van der Waals surface area contributed by atoms with E-state index in [0.29, 0.717) is 0 Å². The summed E-state index contributed by atoms with van der Waals surface area (Å²) in [6.45, 7) is 6.04. The number of benzene rings is 1. The van der Waals surface area contributed by atoms with Crippen LogP contribution in [0.25, 0.3) is 0 Å². The summed E-state index contributed by atoms with van der Waals surface area (Å²) in [6, 6.07) is 6.33. The zero-order valence-electron chi connectivity index (χ0n) is 10.6. The van der Waals surface area contributed by atoms with E-state index in [2.05, 4.69) is 36.9 Å². The lowest BCUT2D eigenvalue weighted by molar-refractivity contribution is -0.122. The fourth-order valence-electron chi connectivity index (χ4n) is 2.51. The fraction of sp³-hybridized carbons (Fsp3) is 0.500. The maximum absolute atomic E-state index is 11.3. The first kappa shape index (κ1) is 12.0. The largest absolute Gasteiger partial charge is 0.371 e. The lowest BCUT2D eigenvalue weighted by Gasteiger charge is -2.34. The van der Waals surface area contributed by atoms with E-state index in [9.17, 15) is 4.79 Å². The fourth-order valence-corrected chi connectivity index (χ4v) is 2.51. The van der Waals surface area contributed by atoms with Crippen molar-refractivity contribution in [1.82, 2.24) is 0 Å². The molecule has 0 aromatic heterocycles. The summed E-state index contributed by atoms with van der Waals surface area (Å²) in [5, 5.41) is 0. The van der Waals surface area contributed by atoms with Gasteiger partial charge in [0.05, 0.1) is 5.92 Å². The molecule has 1 fully saturated rings. The number of piperidine rings is 1. The number of hydrogen-bond donors (Lipinski definition) is 1. The lowest BCUT2D eigenvalue weighted by Crippen LogP contribution is -2.41. The normalized spacial score (nSPS) is 20.4. The Bertz CT molecular complexity index is 428. The lowest BCUT2D eigenvalue weighted by atomic mass is 9.96. The Balaban J connectivity index is 2.22. The first-order valence-electron chi connectivity index (χ1n) is 6.20. The maximum Gasteiger partial charge on any atom is 0.222 e. The van der Waals surface area contributed by atoms with Gasteiger partial charge in [0.1, 0.15) is 0 Å². The molecule has 1 aromatic carbocycles. The number of nitrogens with two attached hydrogens (primary N) is 1. The molecule has 1 saturated heterocycles. The van der Waals surface area contributed by atoms with Crippen LogP contribution in [0.3, 0.4) is 0 Å². The molecule has 1 aliphatic heterocycles. The van der Waals surface area contributed by atoms with Crippen LogP contribution >= 0.6 is 0 Å². The minimum atomic E-state index is -0.167. The van der Waals surface area contributed by atoms with Crippen LogP contribution in [0.4, 0.5) is 5.69 Å². The van der Waals surface area contributed by atoms with Gasteiger partial charge in [-0.1, -0.05) is 12.1 Å². The predicted molar refractivity (Wildman–Crippen MR) is 70.0 cm³/mol. The Morgan fingerprint density at radius 2 is 2.18 bits per heavy atom. The average Bonchev–Trinajstić information content (AvgIpc) is 2.33. The standard InChI is InChI=1S/C14H20N2O/c1-10-5-3-7-13(11(10)2)16-8-4-6-12(9-16)14(15)17/h3,5,7,12H,4,6,8-9H2,1-2H3,(H2,15,17). The number of rotatable bonds is 2. The number of nitrogens with zero attached hydrogens (tertiary/aromatic N) is 1. The number of amides is 1. The van der Waals surface area contributed by atoms with Crippen molar-refractivity contribution in [1.29, 1.82) is 0 Å². The van der Waals surface area contributed by atoms with Gasteiger partial charge in [0.2, 0.25) is 5.91 Å². The van der Waals surface area contributed by atoms with Crippen molar-refractivity contribution in [3.63, 3.8) is 0 Å². The average molecular weight is 232 g/mol. The van der Waals surface area contributed by atoms with Crippen LogP contribution in [0, 0.1) is 19.8 Å². The van der Waals surface area contributed by atoms with Gasteiger partial charge in [-0.25, -0.2) is 0 Å². The summed E-state index contributed by atoms with van der Waals surface area (Å²) >= 11 is 0. The Morgan fingerprint density at radius 3 is 2.88 bits per heavy atom. The molecule has 17 heavy (non-hydrogen) atoms.